The van der Waals surface area contributed by atoms with Crippen LogP contribution >= 0.6 is 0 Å². The average molecular weight is 1200 g/mol. The molecule has 2 heterocycles. The van der Waals surface area contributed by atoms with E-state index in [-0.39, 0.29) is 12.0 Å². The maximum atomic E-state index is 15.1. The summed E-state index contributed by atoms with van der Waals surface area (Å²) in [5.41, 5.74) is 12.0. The van der Waals surface area contributed by atoms with Crippen LogP contribution in [0, 0.1) is 27.7 Å². The predicted octanol–water partition coefficient (Wildman–Crippen LogP) is 17.1. The van der Waals surface area contributed by atoms with E-state index in [0.29, 0.717) is 36.6 Å². The van der Waals surface area contributed by atoms with Gasteiger partial charge >= 0.3 is 24.4 Å². The fourth-order valence-corrected chi connectivity index (χ4v) is 11.1. The molecule has 8 rings (SSSR count). The van der Waals surface area contributed by atoms with Gasteiger partial charge in [-0.3, -0.25) is 15.5 Å². The maximum absolute atomic E-state index is 15.1. The molecule has 6 aromatic carbocycles. The summed E-state index contributed by atoms with van der Waals surface area (Å²) in [6, 6.07) is 36.7. The third-order valence-electron chi connectivity index (χ3n) is 15.0. The summed E-state index contributed by atoms with van der Waals surface area (Å²) in [4.78, 5) is 66.1. The van der Waals surface area contributed by atoms with Crippen molar-refractivity contribution in [3.63, 3.8) is 0 Å². The number of fused-ring (bicyclic) bond motifs is 4. The number of rotatable bonds is 19. The number of ether oxygens (including phenoxy) is 4. The van der Waals surface area contributed by atoms with E-state index in [4.69, 9.17) is 28.9 Å². The molecule has 0 saturated carbocycles. The van der Waals surface area contributed by atoms with Gasteiger partial charge in [0.25, 0.3) is 0 Å². The van der Waals surface area contributed by atoms with Gasteiger partial charge in [0.2, 0.25) is 33.4 Å². The van der Waals surface area contributed by atoms with Gasteiger partial charge in [0.15, 0.2) is 0 Å². The number of amides is 4. The quantitative estimate of drug-likeness (QED) is 0.0305. The summed E-state index contributed by atoms with van der Waals surface area (Å²) < 4.78 is 27.5. The van der Waals surface area contributed by atoms with Gasteiger partial charge in [-0.25, -0.2) is 29.1 Å². The first-order valence-electron chi connectivity index (χ1n) is 31.1. The third kappa shape index (κ3) is 17.4. The second-order valence-corrected chi connectivity index (χ2v) is 27.3. The molecule has 2 aromatic heterocycles. The summed E-state index contributed by atoms with van der Waals surface area (Å²) in [7, 11) is 0. The molecule has 0 saturated heterocycles. The van der Waals surface area contributed by atoms with E-state index < -0.39 is 40.7 Å². The Morgan fingerprint density at radius 3 is 1.32 bits per heavy atom. The Morgan fingerprint density at radius 1 is 0.455 bits per heavy atom. The van der Waals surface area contributed by atoms with Crippen molar-refractivity contribution in [1.29, 1.82) is 0 Å². The number of benzene rings is 6. The minimum Gasteiger partial charge on any atom is -0.444 e. The number of hydrogen-bond acceptors (Lipinski definition) is 10. The zero-order valence-corrected chi connectivity index (χ0v) is 54.7. The van der Waals surface area contributed by atoms with E-state index in [1.807, 2.05) is 189 Å². The molecule has 0 bridgehead atoms. The first kappa shape index (κ1) is 65.6. The minimum atomic E-state index is -0.804. The predicted molar refractivity (Wildman–Crippen MR) is 352 cm³/mol. The summed E-state index contributed by atoms with van der Waals surface area (Å²) in [6.45, 7) is 31.3. The molecule has 88 heavy (non-hydrogen) atoms. The zero-order valence-electron chi connectivity index (χ0n) is 54.7. The molecule has 0 spiro atoms. The van der Waals surface area contributed by atoms with Crippen LogP contribution in [0.2, 0.25) is 0 Å². The number of aryl methyl sites for hydroxylation is 4. The monoisotopic (exact) mass is 1200 g/mol. The number of anilines is 3. The smallest absolute Gasteiger partial charge is 0.414 e. The fourth-order valence-electron chi connectivity index (χ4n) is 11.1. The highest BCUT2D eigenvalue weighted by Crippen LogP contribution is 2.36. The normalized spacial score (nSPS) is 12.5. The van der Waals surface area contributed by atoms with Crippen molar-refractivity contribution in [2.24, 2.45) is 0 Å². The Kier molecular flexibility index (Phi) is 20.4. The second kappa shape index (κ2) is 27.3. The van der Waals surface area contributed by atoms with Crippen LogP contribution in [-0.4, -0.2) is 69.8 Å². The number of unbranched alkanes of at least 4 members (excludes halogenated alkanes) is 6. The number of carbonyl (C=O) groups is 4. The van der Waals surface area contributed by atoms with Crippen molar-refractivity contribution in [2.75, 3.05) is 28.6 Å². The molecule has 16 nitrogen and oxygen atoms in total. The van der Waals surface area contributed by atoms with E-state index in [2.05, 4.69) is 56.3 Å². The van der Waals surface area contributed by atoms with Crippen molar-refractivity contribution < 1.29 is 47.3 Å². The van der Waals surface area contributed by atoms with Crippen LogP contribution in [0.25, 0.3) is 55.5 Å². The van der Waals surface area contributed by atoms with Gasteiger partial charge < -0.3 is 24.3 Å². The Labute approximate surface area is 519 Å². The number of carbonyl (C=O) groups excluding carboxylic acids is 4. The van der Waals surface area contributed by atoms with Crippen molar-refractivity contribution in [3.05, 3.63) is 137 Å². The van der Waals surface area contributed by atoms with Crippen molar-refractivity contribution in [2.45, 2.75) is 197 Å². The second-order valence-electron chi connectivity index (χ2n) is 27.3. The highest BCUT2D eigenvalue weighted by molar-refractivity contribution is 5.96. The molecule has 8 aromatic rings. The lowest BCUT2D eigenvalue weighted by atomic mass is 9.86. The van der Waals surface area contributed by atoms with Gasteiger partial charge in [-0.2, -0.15) is 0 Å². The number of nitrogens with one attached hydrogen (secondary N) is 3. The molecule has 1 unspecified atom stereocenters. The highest BCUT2D eigenvalue weighted by Gasteiger charge is 2.32. The van der Waals surface area contributed by atoms with Gasteiger partial charge in [0.05, 0.1) is 17.1 Å². The molecule has 0 aliphatic heterocycles. The topological polar surface area (TPSA) is 178 Å². The van der Waals surface area contributed by atoms with E-state index in [9.17, 15) is 14.4 Å². The van der Waals surface area contributed by atoms with Crippen LogP contribution in [0.3, 0.4) is 0 Å². The van der Waals surface area contributed by atoms with Crippen molar-refractivity contribution in [1.82, 2.24) is 15.3 Å². The Balaban J connectivity index is 1.21. The van der Waals surface area contributed by atoms with Crippen LogP contribution in [-0.2, 0) is 18.9 Å². The van der Waals surface area contributed by atoms with Crippen LogP contribution in [0.5, 0.6) is 0 Å². The standard InChI is InChI=1S/C72H90N8O8/c1-46-38-56-61(79(51-31-25-22-26-32-51)62-43-54(47(2)39-57(62)74-56)76-66(82)86-70(8,9)10)42-53(46)50(30-24-20-18-17-19-21-29-36-73-65(81)85-69(5,6)7)35-37-78(68(84)88-72(14,15)16)60-45-64-59(41-49(60)4)75-58-40-48(3)55(77-67(83)87-71(11,12)13)44-63(58)80(64)52-33-27-23-28-34-52/h22-23,25-28,31-34,38-45,50H,17-21,24,29-30,35-37H2,1-16H3,(H,73,81)/p+2. The first-order chi connectivity index (χ1) is 41.4. The largest absolute Gasteiger partial charge is 0.444 e. The van der Waals surface area contributed by atoms with E-state index >= 15 is 4.79 Å². The Bertz CT molecular complexity index is 3840. The molecule has 16 heteroatoms. The minimum absolute atomic E-state index is 0.0182. The number of aromatic nitrogens is 4. The summed E-state index contributed by atoms with van der Waals surface area (Å²) in [6.07, 6.45) is 6.57. The lowest BCUT2D eigenvalue weighted by Gasteiger charge is -2.30. The van der Waals surface area contributed by atoms with Gasteiger partial charge in [0.1, 0.15) is 44.5 Å². The lowest BCUT2D eigenvalue weighted by Crippen LogP contribution is -2.39. The Morgan fingerprint density at radius 2 is 0.852 bits per heavy atom. The summed E-state index contributed by atoms with van der Waals surface area (Å²) in [5, 5.41) is 8.88. The summed E-state index contributed by atoms with van der Waals surface area (Å²) in [5.74, 6) is -0.0182. The van der Waals surface area contributed by atoms with Crippen molar-refractivity contribution >= 4 is 85.6 Å². The van der Waals surface area contributed by atoms with Gasteiger partial charge in [0, 0.05) is 61.6 Å². The number of alkyl carbamates (subject to hydrolysis) is 1. The molecule has 466 valence electrons. The molecule has 0 radical (unpaired) electrons. The maximum Gasteiger partial charge on any atom is 0.414 e. The molecule has 0 fully saturated rings. The molecule has 0 aliphatic carbocycles. The molecular formula is C72H92N8O8+2. The van der Waals surface area contributed by atoms with Gasteiger partial charge in [-0.15, -0.1) is 9.13 Å². The fraction of sp³-hybridized carbons (Fsp3) is 0.444. The van der Waals surface area contributed by atoms with Crippen molar-refractivity contribution in [3.8, 4) is 11.4 Å². The number of para-hydroxylation sites is 2. The van der Waals surface area contributed by atoms with Crippen LogP contribution in [0.1, 0.15) is 175 Å². The zero-order chi connectivity index (χ0) is 63.9. The van der Waals surface area contributed by atoms with Crippen LogP contribution in [0.15, 0.2) is 109 Å². The van der Waals surface area contributed by atoms with E-state index in [1.165, 1.54) is 0 Å². The number of nitrogens with zero attached hydrogens (tertiary/aromatic N) is 5. The average Bonchev–Trinajstić information content (AvgIpc) is 0.793. The van der Waals surface area contributed by atoms with Crippen LogP contribution in [0.4, 0.5) is 36.2 Å². The number of hydrogen-bond donors (Lipinski definition) is 3. The van der Waals surface area contributed by atoms with E-state index in [0.717, 1.165) is 135 Å². The highest BCUT2D eigenvalue weighted by atomic mass is 16.6. The van der Waals surface area contributed by atoms with Gasteiger partial charge in [-0.05, 0) is 188 Å². The molecular weight excluding hydrogens is 1100 g/mol. The molecule has 1 atom stereocenters. The first-order valence-corrected chi connectivity index (χ1v) is 31.1. The third-order valence-corrected chi connectivity index (χ3v) is 15.0. The SMILES string of the molecule is Cc1cc2nc3cc(C)c(C(CCCCCCCCCNC(=O)OC(C)(C)C)CCN(C(=O)OC(C)(C)C)c4cc5c(cc4C)nc4cc(C)c(NC(=O)OC(C)(C)C)cc4[n+]5-c4ccccc4)cc3[n+](-c3ccccc3)c2cc1NC(=O)OC(C)(C)C. The molecule has 4 amide bonds. The molecule has 3 N–H and O–H groups in total. The van der Waals surface area contributed by atoms with Crippen LogP contribution < -0.4 is 30.0 Å². The Hall–Kier alpha value is -8.40. The molecule has 0 aliphatic rings. The lowest BCUT2D eigenvalue weighted by molar-refractivity contribution is -0.538. The van der Waals surface area contributed by atoms with E-state index in [1.54, 1.807) is 4.90 Å². The summed E-state index contributed by atoms with van der Waals surface area (Å²) >= 11 is 0. The van der Waals surface area contributed by atoms with Gasteiger partial charge in [-0.1, -0.05) is 74.9 Å².